The molecule has 0 aliphatic carbocycles. The smallest absolute Gasteiger partial charge is 0.205 e. The second-order valence-electron chi connectivity index (χ2n) is 1.86. The maximum absolute atomic E-state index is 4.98. The summed E-state index contributed by atoms with van der Waals surface area (Å²) >= 11 is 0. The predicted octanol–water partition coefficient (Wildman–Crippen LogP) is 1.27. The highest BCUT2D eigenvalue weighted by Crippen LogP contribution is 2.04. The lowest BCUT2D eigenvalue weighted by Crippen LogP contribution is -1.84. The standard InChI is InChI=1S/C7H5N2O/c1-2-7(10-5-1)9-4-3-8-6-9/h1-4,6H. The normalized spacial score (nSPS) is 10.0. The Morgan fingerprint density at radius 1 is 1.60 bits per heavy atom. The van der Waals surface area contributed by atoms with Gasteiger partial charge in [-0.1, -0.05) is 0 Å². The van der Waals surface area contributed by atoms with Crippen molar-refractivity contribution in [1.29, 1.82) is 0 Å². The van der Waals surface area contributed by atoms with Crippen LogP contribution in [0.1, 0.15) is 0 Å². The van der Waals surface area contributed by atoms with Crippen molar-refractivity contribution in [2.24, 2.45) is 0 Å². The number of furan rings is 1. The van der Waals surface area contributed by atoms with Gasteiger partial charge in [-0.3, -0.25) is 4.57 Å². The van der Waals surface area contributed by atoms with Gasteiger partial charge in [0.2, 0.25) is 5.88 Å². The third kappa shape index (κ3) is 0.719. The molecule has 2 aromatic rings. The van der Waals surface area contributed by atoms with Crippen LogP contribution in [0.3, 0.4) is 0 Å². The van der Waals surface area contributed by atoms with Crippen molar-refractivity contribution in [1.82, 2.24) is 9.55 Å². The molecule has 1 radical (unpaired) electrons. The molecule has 0 fully saturated rings. The molecule has 0 atom stereocenters. The number of aromatic nitrogens is 2. The highest BCUT2D eigenvalue weighted by Gasteiger charge is 1.94. The number of imidazole rings is 1. The highest BCUT2D eigenvalue weighted by molar-refractivity contribution is 5.16. The van der Waals surface area contributed by atoms with Crippen LogP contribution in [0.4, 0.5) is 0 Å². The third-order valence-corrected chi connectivity index (χ3v) is 1.22. The van der Waals surface area contributed by atoms with Crippen LogP contribution in [0.25, 0.3) is 5.88 Å². The van der Waals surface area contributed by atoms with E-state index in [4.69, 9.17) is 4.42 Å². The quantitative estimate of drug-likeness (QED) is 0.586. The molecule has 2 aromatic heterocycles. The molecule has 0 saturated heterocycles. The zero-order valence-corrected chi connectivity index (χ0v) is 5.19. The second-order valence-corrected chi connectivity index (χ2v) is 1.86. The van der Waals surface area contributed by atoms with E-state index < -0.39 is 0 Å². The number of nitrogens with zero attached hydrogens (tertiary/aromatic N) is 2. The van der Waals surface area contributed by atoms with Crippen molar-refractivity contribution in [3.63, 3.8) is 0 Å². The van der Waals surface area contributed by atoms with Crippen molar-refractivity contribution in [3.05, 3.63) is 37.1 Å². The van der Waals surface area contributed by atoms with E-state index in [-0.39, 0.29) is 0 Å². The molecular formula is C7H5N2O. The molecule has 0 spiro atoms. The molecule has 3 nitrogen and oxygen atoms in total. The topological polar surface area (TPSA) is 31.0 Å². The Hall–Kier alpha value is -1.51. The summed E-state index contributed by atoms with van der Waals surface area (Å²) in [6.45, 7) is 0. The van der Waals surface area contributed by atoms with Crippen LogP contribution in [0.5, 0.6) is 0 Å². The van der Waals surface area contributed by atoms with Gasteiger partial charge in [0.25, 0.3) is 0 Å². The predicted molar refractivity (Wildman–Crippen MR) is 34.7 cm³/mol. The van der Waals surface area contributed by atoms with Crippen LogP contribution < -0.4 is 0 Å². The molecule has 2 heterocycles. The van der Waals surface area contributed by atoms with Gasteiger partial charge in [-0.25, -0.2) is 4.98 Å². The fraction of sp³-hybridized carbons (Fsp3) is 0. The van der Waals surface area contributed by atoms with Gasteiger partial charge < -0.3 is 4.42 Å². The molecule has 0 aliphatic rings. The SMILES string of the molecule is [c]1ccc(-n2ccnc2)o1. The molecule has 2 rings (SSSR count). The Balaban J connectivity index is 2.48. The van der Waals surface area contributed by atoms with Crippen LogP contribution in [-0.4, -0.2) is 9.55 Å². The molecule has 10 heavy (non-hydrogen) atoms. The van der Waals surface area contributed by atoms with E-state index in [2.05, 4.69) is 11.2 Å². The first-order valence-corrected chi connectivity index (χ1v) is 2.91. The van der Waals surface area contributed by atoms with E-state index in [1.54, 1.807) is 23.2 Å². The second kappa shape index (κ2) is 2.02. The van der Waals surface area contributed by atoms with Crippen LogP contribution in [-0.2, 0) is 0 Å². The van der Waals surface area contributed by atoms with Crippen molar-refractivity contribution in [2.45, 2.75) is 0 Å². The summed E-state index contributed by atoms with van der Waals surface area (Å²) in [6, 6.07) is 3.54. The van der Waals surface area contributed by atoms with Crippen LogP contribution >= 0.6 is 0 Å². The molecule has 0 N–H and O–H groups in total. The fourth-order valence-electron chi connectivity index (χ4n) is 0.762. The Kier molecular flexibility index (Phi) is 1.07. The monoisotopic (exact) mass is 133 g/mol. The molecule has 0 bridgehead atoms. The number of hydrogen-bond donors (Lipinski definition) is 0. The van der Waals surface area contributed by atoms with Crippen molar-refractivity contribution >= 4 is 0 Å². The van der Waals surface area contributed by atoms with Gasteiger partial charge in [-0.05, 0) is 6.07 Å². The summed E-state index contributed by atoms with van der Waals surface area (Å²) in [6.07, 6.45) is 7.78. The zero-order valence-electron chi connectivity index (χ0n) is 5.19. The van der Waals surface area contributed by atoms with Crippen LogP contribution in [0.15, 0.2) is 35.3 Å². The Bertz CT molecular complexity index is 251. The van der Waals surface area contributed by atoms with E-state index >= 15 is 0 Å². The van der Waals surface area contributed by atoms with Gasteiger partial charge in [0.15, 0.2) is 6.26 Å². The van der Waals surface area contributed by atoms with E-state index in [1.165, 1.54) is 0 Å². The van der Waals surface area contributed by atoms with Crippen molar-refractivity contribution < 1.29 is 4.42 Å². The Morgan fingerprint density at radius 2 is 2.60 bits per heavy atom. The average molecular weight is 133 g/mol. The van der Waals surface area contributed by atoms with Gasteiger partial charge in [0, 0.05) is 18.5 Å². The molecule has 0 aliphatic heterocycles. The first kappa shape index (κ1) is 5.29. The summed E-state index contributed by atoms with van der Waals surface area (Å²) < 4.78 is 6.75. The summed E-state index contributed by atoms with van der Waals surface area (Å²) in [5, 5.41) is 0. The van der Waals surface area contributed by atoms with Crippen molar-refractivity contribution in [3.8, 4) is 5.88 Å². The number of hydrogen-bond acceptors (Lipinski definition) is 2. The highest BCUT2D eigenvalue weighted by atomic mass is 16.3. The minimum atomic E-state index is 0.734. The van der Waals surface area contributed by atoms with Crippen molar-refractivity contribution in [2.75, 3.05) is 0 Å². The van der Waals surface area contributed by atoms with Gasteiger partial charge >= 0.3 is 0 Å². The molecule has 0 saturated carbocycles. The number of rotatable bonds is 1. The van der Waals surface area contributed by atoms with Gasteiger partial charge in [-0.2, -0.15) is 0 Å². The van der Waals surface area contributed by atoms with Gasteiger partial charge in [-0.15, -0.1) is 0 Å². The maximum Gasteiger partial charge on any atom is 0.205 e. The molecule has 3 heteroatoms. The molecule has 49 valence electrons. The zero-order chi connectivity index (χ0) is 6.81. The minimum Gasteiger partial charge on any atom is -0.437 e. The lowest BCUT2D eigenvalue weighted by atomic mass is 10.6. The molecular weight excluding hydrogens is 128 g/mol. The van der Waals surface area contributed by atoms with E-state index in [9.17, 15) is 0 Å². The minimum absolute atomic E-state index is 0.734. The lowest BCUT2D eigenvalue weighted by Gasteiger charge is -1.91. The molecule has 0 amide bonds. The Morgan fingerprint density at radius 3 is 3.20 bits per heavy atom. The maximum atomic E-state index is 4.98. The van der Waals surface area contributed by atoms with Gasteiger partial charge in [0.1, 0.15) is 6.33 Å². The van der Waals surface area contributed by atoms with Crippen LogP contribution in [0, 0.1) is 6.26 Å². The lowest BCUT2D eigenvalue weighted by molar-refractivity contribution is 0.530. The fourth-order valence-corrected chi connectivity index (χ4v) is 0.762. The summed E-state index contributed by atoms with van der Waals surface area (Å²) in [5.41, 5.74) is 0. The third-order valence-electron chi connectivity index (χ3n) is 1.22. The first-order valence-electron chi connectivity index (χ1n) is 2.91. The molecule has 0 unspecified atom stereocenters. The largest absolute Gasteiger partial charge is 0.437 e. The van der Waals surface area contributed by atoms with Gasteiger partial charge in [0.05, 0.1) is 0 Å². The summed E-state index contributed by atoms with van der Waals surface area (Å²) in [7, 11) is 0. The van der Waals surface area contributed by atoms with Crippen LogP contribution in [0.2, 0.25) is 0 Å². The van der Waals surface area contributed by atoms with E-state index in [0.717, 1.165) is 5.88 Å². The van der Waals surface area contributed by atoms with E-state index in [0.29, 0.717) is 0 Å². The summed E-state index contributed by atoms with van der Waals surface area (Å²) in [4.78, 5) is 3.87. The van der Waals surface area contributed by atoms with E-state index in [1.807, 2.05) is 12.3 Å². The summed E-state index contributed by atoms with van der Waals surface area (Å²) in [5.74, 6) is 0.734. The average Bonchev–Trinajstić information content (AvgIpc) is 2.59. The Labute approximate surface area is 57.9 Å². The first-order chi connectivity index (χ1) is 4.97. The molecule has 0 aromatic carbocycles.